The molecule has 0 atom stereocenters. The van der Waals surface area contributed by atoms with Crippen molar-refractivity contribution in [3.63, 3.8) is 0 Å². The zero-order valence-corrected chi connectivity index (χ0v) is 10.7. The molecular weight excluding hydrogens is 222 g/mol. The fourth-order valence-electron chi connectivity index (χ4n) is 1.85. The number of hydrogen-bond donors (Lipinski definition) is 1. The summed E-state index contributed by atoms with van der Waals surface area (Å²) in [5.41, 5.74) is 3.81. The van der Waals surface area contributed by atoms with E-state index in [9.17, 15) is 4.79 Å². The molecule has 1 N–H and O–H groups in total. The maximum atomic E-state index is 12.2. The maximum Gasteiger partial charge on any atom is 0.193 e. The summed E-state index contributed by atoms with van der Waals surface area (Å²) in [5, 5.41) is 3.09. The van der Waals surface area contributed by atoms with Gasteiger partial charge in [-0.25, -0.2) is 0 Å². The van der Waals surface area contributed by atoms with Crippen LogP contribution in [-0.2, 0) is 6.54 Å². The summed E-state index contributed by atoms with van der Waals surface area (Å²) in [4.78, 5) is 12.2. The van der Waals surface area contributed by atoms with E-state index < -0.39 is 0 Å². The van der Waals surface area contributed by atoms with Gasteiger partial charge in [-0.3, -0.25) is 4.79 Å². The van der Waals surface area contributed by atoms with Gasteiger partial charge < -0.3 is 5.32 Å². The van der Waals surface area contributed by atoms with Gasteiger partial charge in [0, 0.05) is 17.7 Å². The second-order valence-corrected chi connectivity index (χ2v) is 4.42. The van der Waals surface area contributed by atoms with Crippen LogP contribution in [0.4, 0.5) is 0 Å². The van der Waals surface area contributed by atoms with Gasteiger partial charge in [0.15, 0.2) is 5.78 Å². The van der Waals surface area contributed by atoms with Crippen molar-refractivity contribution >= 4 is 5.78 Å². The number of aryl methyl sites for hydroxylation is 1. The summed E-state index contributed by atoms with van der Waals surface area (Å²) in [5.74, 6) is 0.0750. The Morgan fingerprint density at radius 2 is 1.44 bits per heavy atom. The highest BCUT2D eigenvalue weighted by molar-refractivity contribution is 6.08. The van der Waals surface area contributed by atoms with Crippen LogP contribution in [0.5, 0.6) is 0 Å². The van der Waals surface area contributed by atoms with Crippen LogP contribution in [0.2, 0.25) is 0 Å². The molecule has 0 unspecified atom stereocenters. The van der Waals surface area contributed by atoms with E-state index in [0.717, 1.165) is 23.2 Å². The molecule has 0 fully saturated rings. The first kappa shape index (κ1) is 12.5. The smallest absolute Gasteiger partial charge is 0.193 e. The highest BCUT2D eigenvalue weighted by Gasteiger charge is 2.08. The summed E-state index contributed by atoms with van der Waals surface area (Å²) in [6.07, 6.45) is 0. The van der Waals surface area contributed by atoms with Crippen molar-refractivity contribution in [2.45, 2.75) is 13.5 Å². The molecule has 0 spiro atoms. The average Bonchev–Trinajstić information content (AvgIpc) is 2.40. The van der Waals surface area contributed by atoms with Crippen LogP contribution >= 0.6 is 0 Å². The van der Waals surface area contributed by atoms with Crippen molar-refractivity contribution in [1.82, 2.24) is 5.32 Å². The van der Waals surface area contributed by atoms with E-state index in [2.05, 4.69) is 5.32 Å². The van der Waals surface area contributed by atoms with E-state index in [1.165, 1.54) is 5.56 Å². The second-order valence-electron chi connectivity index (χ2n) is 4.42. The lowest BCUT2D eigenvalue weighted by Crippen LogP contribution is -2.06. The SMILES string of the molecule is CNCc1ccc(C(=O)c2ccc(C)cc2)cc1. The lowest BCUT2D eigenvalue weighted by molar-refractivity contribution is 0.103. The third-order valence-corrected chi connectivity index (χ3v) is 2.91. The molecule has 0 heterocycles. The Kier molecular flexibility index (Phi) is 3.90. The monoisotopic (exact) mass is 239 g/mol. The topological polar surface area (TPSA) is 29.1 Å². The third kappa shape index (κ3) is 2.84. The van der Waals surface area contributed by atoms with Crippen molar-refractivity contribution in [2.75, 3.05) is 7.05 Å². The summed E-state index contributed by atoms with van der Waals surface area (Å²) in [6, 6.07) is 15.4. The van der Waals surface area contributed by atoms with Crippen LogP contribution in [0, 0.1) is 6.92 Å². The molecule has 0 aliphatic rings. The molecule has 92 valence electrons. The largest absolute Gasteiger partial charge is 0.316 e. The molecule has 0 bridgehead atoms. The predicted molar refractivity (Wildman–Crippen MR) is 73.8 cm³/mol. The summed E-state index contributed by atoms with van der Waals surface area (Å²) in [7, 11) is 1.91. The van der Waals surface area contributed by atoms with Gasteiger partial charge in [-0.05, 0) is 19.5 Å². The van der Waals surface area contributed by atoms with E-state index in [4.69, 9.17) is 0 Å². The molecule has 2 rings (SSSR count). The van der Waals surface area contributed by atoms with Gasteiger partial charge in [0.1, 0.15) is 0 Å². The minimum absolute atomic E-state index is 0.0750. The Hall–Kier alpha value is -1.93. The van der Waals surface area contributed by atoms with Gasteiger partial charge in [0.2, 0.25) is 0 Å². The molecule has 0 aliphatic heterocycles. The Labute approximate surface area is 108 Å². The zero-order chi connectivity index (χ0) is 13.0. The van der Waals surface area contributed by atoms with Crippen molar-refractivity contribution < 1.29 is 4.79 Å². The summed E-state index contributed by atoms with van der Waals surface area (Å²) in [6.45, 7) is 2.83. The van der Waals surface area contributed by atoms with Crippen molar-refractivity contribution in [3.05, 3.63) is 70.8 Å². The first-order chi connectivity index (χ1) is 8.70. The Morgan fingerprint density at radius 3 is 1.94 bits per heavy atom. The first-order valence-corrected chi connectivity index (χ1v) is 6.05. The molecule has 18 heavy (non-hydrogen) atoms. The van der Waals surface area contributed by atoms with Gasteiger partial charge in [-0.15, -0.1) is 0 Å². The number of rotatable bonds is 4. The normalized spacial score (nSPS) is 10.3. The van der Waals surface area contributed by atoms with E-state index in [-0.39, 0.29) is 5.78 Å². The molecule has 0 saturated carbocycles. The van der Waals surface area contributed by atoms with Crippen LogP contribution in [0.25, 0.3) is 0 Å². The van der Waals surface area contributed by atoms with E-state index in [1.807, 2.05) is 62.5 Å². The first-order valence-electron chi connectivity index (χ1n) is 6.05. The van der Waals surface area contributed by atoms with Crippen LogP contribution in [0.3, 0.4) is 0 Å². The standard InChI is InChI=1S/C16H17NO/c1-12-3-7-14(8-4-12)16(18)15-9-5-13(6-10-15)11-17-2/h3-10,17H,11H2,1-2H3. The summed E-state index contributed by atoms with van der Waals surface area (Å²) < 4.78 is 0. The number of carbonyl (C=O) groups excluding carboxylic acids is 1. The maximum absolute atomic E-state index is 12.2. The Bertz CT molecular complexity index is 526. The van der Waals surface area contributed by atoms with Gasteiger partial charge in [-0.1, -0.05) is 54.1 Å². The molecular formula is C16H17NO. The highest BCUT2D eigenvalue weighted by Crippen LogP contribution is 2.12. The van der Waals surface area contributed by atoms with Crippen molar-refractivity contribution in [3.8, 4) is 0 Å². The average molecular weight is 239 g/mol. The van der Waals surface area contributed by atoms with Crippen molar-refractivity contribution in [1.29, 1.82) is 0 Å². The lowest BCUT2D eigenvalue weighted by Gasteiger charge is -2.04. The van der Waals surface area contributed by atoms with Gasteiger partial charge in [0.25, 0.3) is 0 Å². The van der Waals surface area contributed by atoms with E-state index >= 15 is 0 Å². The lowest BCUT2D eigenvalue weighted by atomic mass is 10.0. The van der Waals surface area contributed by atoms with E-state index in [0.29, 0.717) is 0 Å². The van der Waals surface area contributed by atoms with E-state index in [1.54, 1.807) is 0 Å². The van der Waals surface area contributed by atoms with Gasteiger partial charge in [-0.2, -0.15) is 0 Å². The van der Waals surface area contributed by atoms with Crippen LogP contribution in [0.15, 0.2) is 48.5 Å². The third-order valence-electron chi connectivity index (χ3n) is 2.91. The molecule has 2 heteroatoms. The van der Waals surface area contributed by atoms with Crippen LogP contribution < -0.4 is 5.32 Å². The highest BCUT2D eigenvalue weighted by atomic mass is 16.1. The second kappa shape index (κ2) is 5.61. The van der Waals surface area contributed by atoms with Crippen LogP contribution in [0.1, 0.15) is 27.0 Å². The number of nitrogens with one attached hydrogen (secondary N) is 1. The molecule has 2 aromatic carbocycles. The number of carbonyl (C=O) groups is 1. The number of ketones is 1. The number of hydrogen-bond acceptors (Lipinski definition) is 2. The molecule has 0 amide bonds. The van der Waals surface area contributed by atoms with Crippen LogP contribution in [-0.4, -0.2) is 12.8 Å². The zero-order valence-electron chi connectivity index (χ0n) is 10.7. The summed E-state index contributed by atoms with van der Waals surface area (Å²) >= 11 is 0. The molecule has 0 aliphatic carbocycles. The Balaban J connectivity index is 2.20. The quantitative estimate of drug-likeness (QED) is 0.831. The molecule has 0 radical (unpaired) electrons. The van der Waals surface area contributed by atoms with Crippen molar-refractivity contribution in [2.24, 2.45) is 0 Å². The molecule has 0 saturated heterocycles. The number of benzene rings is 2. The fourth-order valence-corrected chi connectivity index (χ4v) is 1.85. The Morgan fingerprint density at radius 1 is 0.944 bits per heavy atom. The minimum Gasteiger partial charge on any atom is -0.316 e. The fraction of sp³-hybridized carbons (Fsp3) is 0.188. The molecule has 0 aromatic heterocycles. The minimum atomic E-state index is 0.0750. The predicted octanol–water partition coefficient (Wildman–Crippen LogP) is 2.95. The molecule has 2 nitrogen and oxygen atoms in total. The van der Waals surface area contributed by atoms with Gasteiger partial charge >= 0.3 is 0 Å². The van der Waals surface area contributed by atoms with Gasteiger partial charge in [0.05, 0.1) is 0 Å². The molecule has 2 aromatic rings.